The van der Waals surface area contributed by atoms with E-state index >= 15 is 0 Å². The van der Waals surface area contributed by atoms with E-state index in [4.69, 9.17) is 0 Å². The van der Waals surface area contributed by atoms with Gasteiger partial charge in [0.1, 0.15) is 5.00 Å². The number of benzene rings is 1. The zero-order chi connectivity index (χ0) is 16.9. The zero-order valence-corrected chi connectivity index (χ0v) is 14.4. The third-order valence-corrected chi connectivity index (χ3v) is 5.01. The predicted octanol–water partition coefficient (Wildman–Crippen LogP) is 2.51. The largest absolute Gasteiger partial charge is 0.352 e. The van der Waals surface area contributed by atoms with Crippen LogP contribution in [0.3, 0.4) is 0 Å². The molecule has 126 valence electrons. The minimum Gasteiger partial charge on any atom is -0.352 e. The summed E-state index contributed by atoms with van der Waals surface area (Å²) in [5, 5.41) is 11.4. The molecule has 2 amide bonds. The number of hydrogen-bond donors (Lipinski definition) is 3. The number of carbonyl (C=O) groups excluding carboxylic acids is 2. The summed E-state index contributed by atoms with van der Waals surface area (Å²) in [6.45, 7) is 4.63. The second-order valence-electron chi connectivity index (χ2n) is 5.90. The van der Waals surface area contributed by atoms with E-state index in [2.05, 4.69) is 22.9 Å². The summed E-state index contributed by atoms with van der Waals surface area (Å²) in [4.78, 5) is 24.7. The van der Waals surface area contributed by atoms with Gasteiger partial charge in [0.25, 0.3) is 11.8 Å². The molecule has 24 heavy (non-hydrogen) atoms. The molecule has 0 atom stereocenters. The highest BCUT2D eigenvalue weighted by Crippen LogP contribution is 2.24. The van der Waals surface area contributed by atoms with Crippen molar-refractivity contribution in [2.75, 3.05) is 25.0 Å². The molecule has 3 rings (SSSR count). The maximum absolute atomic E-state index is 12.4. The van der Waals surface area contributed by atoms with Crippen LogP contribution in [0.15, 0.2) is 35.7 Å². The van der Waals surface area contributed by atoms with Gasteiger partial charge in [0.15, 0.2) is 0 Å². The molecule has 1 aromatic heterocycles. The minimum absolute atomic E-state index is 0.139. The van der Waals surface area contributed by atoms with E-state index in [1.807, 2.05) is 29.6 Å². The number of aryl methyl sites for hydroxylation is 1. The molecule has 0 aliphatic carbocycles. The van der Waals surface area contributed by atoms with Gasteiger partial charge >= 0.3 is 0 Å². The summed E-state index contributed by atoms with van der Waals surface area (Å²) < 4.78 is 0. The third kappa shape index (κ3) is 3.83. The molecule has 1 aromatic carbocycles. The second-order valence-corrected chi connectivity index (χ2v) is 6.82. The number of thiophene rings is 1. The molecule has 6 heteroatoms. The first-order chi connectivity index (χ1) is 11.7. The van der Waals surface area contributed by atoms with Crippen LogP contribution in [0.25, 0.3) is 0 Å². The average Bonchev–Trinajstić information content (AvgIpc) is 3.01. The Morgan fingerprint density at radius 1 is 1.17 bits per heavy atom. The molecular weight excluding hydrogens is 322 g/mol. The molecule has 0 bridgehead atoms. The molecule has 1 aliphatic rings. The topological polar surface area (TPSA) is 70.2 Å². The van der Waals surface area contributed by atoms with E-state index in [0.717, 1.165) is 19.5 Å². The van der Waals surface area contributed by atoms with Crippen LogP contribution >= 0.6 is 11.3 Å². The van der Waals surface area contributed by atoms with Crippen molar-refractivity contribution < 1.29 is 9.59 Å². The van der Waals surface area contributed by atoms with Crippen LogP contribution in [0.5, 0.6) is 0 Å². The number of nitrogens with one attached hydrogen (secondary N) is 3. The fourth-order valence-corrected chi connectivity index (χ4v) is 3.26. The molecular formula is C18H21N3O2S. The van der Waals surface area contributed by atoms with Gasteiger partial charge in [-0.1, -0.05) is 19.1 Å². The molecule has 0 spiro atoms. The first-order valence-corrected chi connectivity index (χ1v) is 9.02. The summed E-state index contributed by atoms with van der Waals surface area (Å²) in [6, 6.07) is 9.26. The van der Waals surface area contributed by atoms with E-state index in [-0.39, 0.29) is 11.8 Å². The maximum Gasteiger partial charge on any atom is 0.256 e. The highest BCUT2D eigenvalue weighted by molar-refractivity contribution is 7.14. The quantitative estimate of drug-likeness (QED) is 0.755. The van der Waals surface area contributed by atoms with Crippen molar-refractivity contribution >= 4 is 28.2 Å². The fraction of sp³-hybridized carbons (Fsp3) is 0.333. The van der Waals surface area contributed by atoms with Gasteiger partial charge in [-0.2, -0.15) is 0 Å². The van der Waals surface area contributed by atoms with Crippen molar-refractivity contribution in [3.05, 3.63) is 52.4 Å². The number of carbonyl (C=O) groups is 2. The SMILES string of the molecule is CCc1ccc(C(=O)Nc2sccc2C(=O)NCC2CNC2)cc1. The van der Waals surface area contributed by atoms with E-state index in [1.54, 1.807) is 6.07 Å². The summed E-state index contributed by atoms with van der Waals surface area (Å²) in [5.41, 5.74) is 2.30. The Balaban J connectivity index is 1.63. The van der Waals surface area contributed by atoms with E-state index in [1.165, 1.54) is 16.9 Å². The van der Waals surface area contributed by atoms with Gasteiger partial charge in [0, 0.05) is 31.1 Å². The molecule has 0 saturated carbocycles. The predicted molar refractivity (Wildman–Crippen MR) is 96.8 cm³/mol. The van der Waals surface area contributed by atoms with Gasteiger partial charge < -0.3 is 16.0 Å². The first-order valence-electron chi connectivity index (χ1n) is 8.14. The Labute approximate surface area is 145 Å². The van der Waals surface area contributed by atoms with E-state index < -0.39 is 0 Å². The Hall–Kier alpha value is -2.18. The van der Waals surface area contributed by atoms with Gasteiger partial charge in [-0.3, -0.25) is 9.59 Å². The normalized spacial score (nSPS) is 14.0. The van der Waals surface area contributed by atoms with Crippen LogP contribution < -0.4 is 16.0 Å². The van der Waals surface area contributed by atoms with Gasteiger partial charge in [-0.25, -0.2) is 0 Å². The molecule has 0 unspecified atom stereocenters. The van der Waals surface area contributed by atoms with Crippen LogP contribution in [0.1, 0.15) is 33.2 Å². The van der Waals surface area contributed by atoms with Crippen molar-refractivity contribution in [2.45, 2.75) is 13.3 Å². The lowest BCUT2D eigenvalue weighted by molar-refractivity contribution is 0.0943. The van der Waals surface area contributed by atoms with Crippen LogP contribution in [-0.2, 0) is 6.42 Å². The first kappa shape index (κ1) is 16.7. The Kier molecular flexibility index (Phi) is 5.27. The number of amides is 2. The maximum atomic E-state index is 12.4. The lowest BCUT2D eigenvalue weighted by Crippen LogP contribution is -2.48. The van der Waals surface area contributed by atoms with Crippen molar-refractivity contribution in [2.24, 2.45) is 5.92 Å². The molecule has 2 heterocycles. The van der Waals surface area contributed by atoms with Gasteiger partial charge in [-0.15, -0.1) is 11.3 Å². The third-order valence-electron chi connectivity index (χ3n) is 4.18. The molecule has 2 aromatic rings. The second kappa shape index (κ2) is 7.59. The van der Waals surface area contributed by atoms with Crippen LogP contribution in [0, 0.1) is 5.92 Å². The van der Waals surface area contributed by atoms with Gasteiger partial charge in [-0.05, 0) is 35.6 Å². The van der Waals surface area contributed by atoms with Gasteiger partial charge in [0.05, 0.1) is 5.56 Å². The van der Waals surface area contributed by atoms with Gasteiger partial charge in [0.2, 0.25) is 0 Å². The molecule has 1 saturated heterocycles. The Morgan fingerprint density at radius 2 is 1.92 bits per heavy atom. The number of anilines is 1. The smallest absolute Gasteiger partial charge is 0.256 e. The summed E-state index contributed by atoms with van der Waals surface area (Å²) in [5.74, 6) is 0.167. The molecule has 1 fully saturated rings. The minimum atomic E-state index is -0.197. The number of rotatable bonds is 6. The summed E-state index contributed by atoms with van der Waals surface area (Å²) in [6.07, 6.45) is 0.938. The highest BCUT2D eigenvalue weighted by Gasteiger charge is 2.20. The Bertz CT molecular complexity index is 720. The van der Waals surface area contributed by atoms with Crippen molar-refractivity contribution in [1.29, 1.82) is 0 Å². The number of hydrogen-bond acceptors (Lipinski definition) is 4. The molecule has 1 aliphatic heterocycles. The molecule has 3 N–H and O–H groups in total. The fourth-order valence-electron chi connectivity index (χ4n) is 2.48. The van der Waals surface area contributed by atoms with Crippen LogP contribution in [-0.4, -0.2) is 31.4 Å². The van der Waals surface area contributed by atoms with Crippen molar-refractivity contribution in [3.8, 4) is 0 Å². The monoisotopic (exact) mass is 343 g/mol. The summed E-state index contributed by atoms with van der Waals surface area (Å²) >= 11 is 1.36. The van der Waals surface area contributed by atoms with Crippen molar-refractivity contribution in [1.82, 2.24) is 10.6 Å². The lowest BCUT2D eigenvalue weighted by atomic mass is 10.0. The van der Waals surface area contributed by atoms with Crippen LogP contribution in [0.4, 0.5) is 5.00 Å². The van der Waals surface area contributed by atoms with E-state index in [9.17, 15) is 9.59 Å². The molecule has 0 radical (unpaired) electrons. The van der Waals surface area contributed by atoms with Crippen LogP contribution in [0.2, 0.25) is 0 Å². The lowest BCUT2D eigenvalue weighted by Gasteiger charge is -2.27. The zero-order valence-electron chi connectivity index (χ0n) is 13.6. The standard InChI is InChI=1S/C18H21N3O2S/c1-2-12-3-5-14(6-4-12)16(22)21-18-15(7-8-24-18)17(23)20-11-13-9-19-10-13/h3-8,13,19H,2,9-11H2,1H3,(H,20,23)(H,21,22). The molecule has 5 nitrogen and oxygen atoms in total. The van der Waals surface area contributed by atoms with E-state index in [0.29, 0.717) is 28.6 Å². The summed E-state index contributed by atoms with van der Waals surface area (Å²) in [7, 11) is 0. The Morgan fingerprint density at radius 3 is 2.54 bits per heavy atom. The highest BCUT2D eigenvalue weighted by atomic mass is 32.1. The average molecular weight is 343 g/mol. The van der Waals surface area contributed by atoms with Crippen molar-refractivity contribution in [3.63, 3.8) is 0 Å².